The standard InChI is InChI=1S/C18H19FN4O2S/c1-10(2)8-23-15(20)14(17(24)22(3)18(23)25)13-9-26-16(21-13)11-4-6-12(19)7-5-11/h4-7,9-10H,8,20H2,1-3H3. The van der Waals surface area contributed by atoms with Gasteiger partial charge in [0, 0.05) is 24.5 Å². The van der Waals surface area contributed by atoms with Crippen molar-refractivity contribution in [2.75, 3.05) is 5.73 Å². The molecular weight excluding hydrogens is 355 g/mol. The number of rotatable bonds is 4. The summed E-state index contributed by atoms with van der Waals surface area (Å²) in [7, 11) is 1.43. The van der Waals surface area contributed by atoms with Crippen molar-refractivity contribution in [2.45, 2.75) is 20.4 Å². The number of halogens is 1. The van der Waals surface area contributed by atoms with Crippen LogP contribution in [-0.2, 0) is 13.6 Å². The van der Waals surface area contributed by atoms with E-state index in [9.17, 15) is 14.0 Å². The van der Waals surface area contributed by atoms with Crippen LogP contribution in [0.3, 0.4) is 0 Å². The number of nitrogen functional groups attached to an aromatic ring is 1. The lowest BCUT2D eigenvalue weighted by molar-refractivity contribution is 0.494. The second kappa shape index (κ2) is 6.87. The van der Waals surface area contributed by atoms with Crippen molar-refractivity contribution >= 4 is 17.2 Å². The molecule has 0 radical (unpaired) electrons. The highest BCUT2D eigenvalue weighted by atomic mass is 32.1. The van der Waals surface area contributed by atoms with E-state index in [2.05, 4.69) is 4.98 Å². The molecule has 0 bridgehead atoms. The van der Waals surface area contributed by atoms with Crippen LogP contribution < -0.4 is 17.0 Å². The number of nitrogens with two attached hydrogens (primary N) is 1. The third kappa shape index (κ3) is 3.20. The first-order chi connectivity index (χ1) is 12.3. The van der Waals surface area contributed by atoms with E-state index < -0.39 is 11.2 Å². The summed E-state index contributed by atoms with van der Waals surface area (Å²) in [6.07, 6.45) is 0. The summed E-state index contributed by atoms with van der Waals surface area (Å²) in [4.78, 5) is 29.5. The normalized spacial score (nSPS) is 11.3. The molecule has 0 saturated heterocycles. The number of aromatic nitrogens is 3. The zero-order valence-electron chi connectivity index (χ0n) is 14.7. The summed E-state index contributed by atoms with van der Waals surface area (Å²) < 4.78 is 15.5. The van der Waals surface area contributed by atoms with Crippen molar-refractivity contribution in [3.63, 3.8) is 0 Å². The Labute approximate surface area is 153 Å². The van der Waals surface area contributed by atoms with Crippen LogP contribution in [0.4, 0.5) is 10.2 Å². The molecule has 0 unspecified atom stereocenters. The minimum atomic E-state index is -0.483. The molecule has 2 aromatic heterocycles. The smallest absolute Gasteiger partial charge is 0.332 e. The van der Waals surface area contributed by atoms with Gasteiger partial charge in [0.15, 0.2) is 0 Å². The molecule has 0 fully saturated rings. The highest BCUT2D eigenvalue weighted by molar-refractivity contribution is 7.13. The lowest BCUT2D eigenvalue weighted by Gasteiger charge is -2.15. The molecule has 2 heterocycles. The maximum Gasteiger partial charge on any atom is 0.332 e. The first-order valence-electron chi connectivity index (χ1n) is 8.10. The van der Waals surface area contributed by atoms with E-state index in [1.54, 1.807) is 17.5 Å². The summed E-state index contributed by atoms with van der Waals surface area (Å²) in [6.45, 7) is 4.33. The average molecular weight is 374 g/mol. The molecule has 6 nitrogen and oxygen atoms in total. The highest BCUT2D eigenvalue weighted by Gasteiger charge is 2.20. The van der Waals surface area contributed by atoms with Crippen molar-refractivity contribution in [1.82, 2.24) is 14.1 Å². The van der Waals surface area contributed by atoms with E-state index in [1.165, 1.54) is 35.1 Å². The van der Waals surface area contributed by atoms with Crippen LogP contribution in [-0.4, -0.2) is 14.1 Å². The van der Waals surface area contributed by atoms with Crippen LogP contribution in [0.1, 0.15) is 13.8 Å². The zero-order valence-corrected chi connectivity index (χ0v) is 15.5. The van der Waals surface area contributed by atoms with Gasteiger partial charge in [-0.1, -0.05) is 13.8 Å². The second-order valence-electron chi connectivity index (χ2n) is 6.46. The summed E-state index contributed by atoms with van der Waals surface area (Å²) in [5, 5.41) is 2.36. The van der Waals surface area contributed by atoms with Crippen LogP contribution in [0.2, 0.25) is 0 Å². The maximum atomic E-state index is 13.1. The highest BCUT2D eigenvalue weighted by Crippen LogP contribution is 2.29. The maximum absolute atomic E-state index is 13.1. The van der Waals surface area contributed by atoms with E-state index in [0.717, 1.165) is 10.1 Å². The Morgan fingerprint density at radius 2 is 1.88 bits per heavy atom. The van der Waals surface area contributed by atoms with Gasteiger partial charge in [0.05, 0.1) is 5.69 Å². The van der Waals surface area contributed by atoms with Gasteiger partial charge in [0.25, 0.3) is 5.56 Å². The van der Waals surface area contributed by atoms with Crippen LogP contribution in [0.25, 0.3) is 21.8 Å². The Bertz CT molecular complexity index is 1060. The lowest BCUT2D eigenvalue weighted by atomic mass is 10.2. The van der Waals surface area contributed by atoms with Crippen molar-refractivity contribution in [3.05, 3.63) is 56.3 Å². The molecule has 0 aliphatic carbocycles. The van der Waals surface area contributed by atoms with Crippen LogP contribution >= 0.6 is 11.3 Å². The molecule has 0 aliphatic rings. The minimum Gasteiger partial charge on any atom is -0.384 e. The Kier molecular flexibility index (Phi) is 4.78. The van der Waals surface area contributed by atoms with Crippen molar-refractivity contribution < 1.29 is 4.39 Å². The lowest BCUT2D eigenvalue weighted by Crippen LogP contribution is -2.41. The fourth-order valence-corrected chi connectivity index (χ4v) is 3.50. The predicted molar refractivity (Wildman–Crippen MR) is 102 cm³/mol. The number of hydrogen-bond acceptors (Lipinski definition) is 5. The van der Waals surface area contributed by atoms with Gasteiger partial charge in [-0.3, -0.25) is 13.9 Å². The van der Waals surface area contributed by atoms with Crippen molar-refractivity contribution in [3.8, 4) is 21.8 Å². The molecule has 0 saturated carbocycles. The largest absolute Gasteiger partial charge is 0.384 e. The molecule has 136 valence electrons. The number of hydrogen-bond donors (Lipinski definition) is 1. The SMILES string of the molecule is CC(C)Cn1c(N)c(-c2csc(-c3ccc(F)cc3)n2)c(=O)n(C)c1=O. The third-order valence-electron chi connectivity index (χ3n) is 3.98. The first kappa shape index (κ1) is 18.1. The Balaban J connectivity index is 2.16. The summed E-state index contributed by atoms with van der Waals surface area (Å²) in [5.74, 6) is -0.0299. The molecule has 0 aliphatic heterocycles. The summed E-state index contributed by atoms with van der Waals surface area (Å²) >= 11 is 1.33. The first-order valence-corrected chi connectivity index (χ1v) is 8.98. The number of thiazole rings is 1. The number of anilines is 1. The molecule has 26 heavy (non-hydrogen) atoms. The molecule has 3 rings (SSSR count). The molecule has 3 aromatic rings. The molecule has 2 N–H and O–H groups in total. The van der Waals surface area contributed by atoms with Gasteiger partial charge in [-0.05, 0) is 30.2 Å². The molecule has 0 atom stereocenters. The Hall–Kier alpha value is -2.74. The monoisotopic (exact) mass is 374 g/mol. The second-order valence-corrected chi connectivity index (χ2v) is 7.31. The number of benzene rings is 1. The quantitative estimate of drug-likeness (QED) is 0.761. The topological polar surface area (TPSA) is 82.9 Å². The van der Waals surface area contributed by atoms with E-state index in [4.69, 9.17) is 5.73 Å². The van der Waals surface area contributed by atoms with Gasteiger partial charge in [0.1, 0.15) is 22.2 Å². The van der Waals surface area contributed by atoms with Crippen molar-refractivity contribution in [2.24, 2.45) is 13.0 Å². The zero-order chi connectivity index (χ0) is 19.0. The molecule has 1 aromatic carbocycles. The van der Waals surface area contributed by atoms with Gasteiger partial charge in [-0.15, -0.1) is 11.3 Å². The van der Waals surface area contributed by atoms with Crippen LogP contribution in [0.5, 0.6) is 0 Å². The predicted octanol–water partition coefficient (Wildman–Crippen LogP) is 2.71. The Morgan fingerprint density at radius 1 is 1.23 bits per heavy atom. The summed E-state index contributed by atoms with van der Waals surface area (Å²) in [6, 6.07) is 5.96. The van der Waals surface area contributed by atoms with Gasteiger partial charge in [0.2, 0.25) is 0 Å². The average Bonchev–Trinajstić information content (AvgIpc) is 3.07. The minimum absolute atomic E-state index is 0.114. The van der Waals surface area contributed by atoms with Crippen LogP contribution in [0, 0.1) is 11.7 Å². The third-order valence-corrected chi connectivity index (χ3v) is 4.87. The molecule has 0 spiro atoms. The fraction of sp³-hybridized carbons (Fsp3) is 0.278. The van der Waals surface area contributed by atoms with E-state index in [0.29, 0.717) is 17.2 Å². The van der Waals surface area contributed by atoms with Gasteiger partial charge in [-0.2, -0.15) is 0 Å². The molecule has 8 heteroatoms. The van der Waals surface area contributed by atoms with Crippen molar-refractivity contribution in [1.29, 1.82) is 0 Å². The van der Waals surface area contributed by atoms with Gasteiger partial charge < -0.3 is 5.73 Å². The Morgan fingerprint density at radius 3 is 2.50 bits per heavy atom. The van der Waals surface area contributed by atoms with E-state index >= 15 is 0 Å². The summed E-state index contributed by atoms with van der Waals surface area (Å²) in [5.41, 5.74) is 6.60. The van der Waals surface area contributed by atoms with E-state index in [1.807, 2.05) is 13.8 Å². The van der Waals surface area contributed by atoms with E-state index in [-0.39, 0.29) is 23.1 Å². The molecular formula is C18H19FN4O2S. The fourth-order valence-electron chi connectivity index (χ4n) is 2.68. The molecule has 0 amide bonds. The van der Waals surface area contributed by atoms with Gasteiger partial charge in [-0.25, -0.2) is 14.2 Å². The van der Waals surface area contributed by atoms with Gasteiger partial charge >= 0.3 is 5.69 Å². The number of nitrogens with zero attached hydrogens (tertiary/aromatic N) is 3. The van der Waals surface area contributed by atoms with Crippen LogP contribution in [0.15, 0.2) is 39.2 Å².